The SMILES string of the molecule is CCOC(=O)/C=C/c1nc(C2CCOCC2)c(-c2ccc(F)cc2)c2ccc(OCc3ccccc3)cc12. The van der Waals surface area contributed by atoms with Crippen molar-refractivity contribution in [2.24, 2.45) is 0 Å². The first-order valence-electron chi connectivity index (χ1n) is 12.9. The molecule has 4 aromatic rings. The van der Waals surface area contributed by atoms with Crippen molar-refractivity contribution in [2.75, 3.05) is 19.8 Å². The summed E-state index contributed by atoms with van der Waals surface area (Å²) in [7, 11) is 0. The van der Waals surface area contributed by atoms with E-state index in [4.69, 9.17) is 19.2 Å². The Hall–Kier alpha value is -4.03. The molecule has 0 spiro atoms. The largest absolute Gasteiger partial charge is 0.489 e. The van der Waals surface area contributed by atoms with Gasteiger partial charge < -0.3 is 14.2 Å². The van der Waals surface area contributed by atoms with Gasteiger partial charge in [0.1, 0.15) is 18.2 Å². The fourth-order valence-electron chi connectivity index (χ4n) is 4.82. The van der Waals surface area contributed by atoms with Crippen molar-refractivity contribution in [1.82, 2.24) is 4.98 Å². The number of hydrogen-bond donors (Lipinski definition) is 0. The molecule has 1 fully saturated rings. The van der Waals surface area contributed by atoms with Crippen LogP contribution in [0.4, 0.5) is 4.39 Å². The quantitative estimate of drug-likeness (QED) is 0.187. The maximum atomic E-state index is 13.9. The Morgan fingerprint density at radius 3 is 2.53 bits per heavy atom. The summed E-state index contributed by atoms with van der Waals surface area (Å²) in [6.45, 7) is 3.82. The number of nitrogens with zero attached hydrogens (tertiary/aromatic N) is 1. The van der Waals surface area contributed by atoms with Crippen LogP contribution in [-0.2, 0) is 20.9 Å². The molecular formula is C32H30FNO4. The molecular weight excluding hydrogens is 481 g/mol. The number of fused-ring (bicyclic) bond motifs is 1. The van der Waals surface area contributed by atoms with E-state index in [1.54, 1.807) is 25.1 Å². The van der Waals surface area contributed by atoms with Crippen LogP contribution in [0.15, 0.2) is 78.9 Å². The molecule has 1 aromatic heterocycles. The Labute approximate surface area is 221 Å². The van der Waals surface area contributed by atoms with Crippen molar-refractivity contribution in [3.63, 3.8) is 0 Å². The van der Waals surface area contributed by atoms with E-state index in [1.165, 1.54) is 18.2 Å². The van der Waals surface area contributed by atoms with Crippen LogP contribution in [0.5, 0.6) is 5.75 Å². The molecule has 1 aliphatic heterocycles. The first kappa shape index (κ1) is 25.6. The average Bonchev–Trinajstić information content (AvgIpc) is 2.96. The topological polar surface area (TPSA) is 57.7 Å². The van der Waals surface area contributed by atoms with Crippen molar-refractivity contribution in [1.29, 1.82) is 0 Å². The Morgan fingerprint density at radius 1 is 1.03 bits per heavy atom. The summed E-state index contributed by atoms with van der Waals surface area (Å²) >= 11 is 0. The normalized spacial score (nSPS) is 14.2. The first-order chi connectivity index (χ1) is 18.6. The third kappa shape index (κ3) is 5.92. The van der Waals surface area contributed by atoms with E-state index >= 15 is 0 Å². The van der Waals surface area contributed by atoms with Crippen molar-refractivity contribution in [3.8, 4) is 16.9 Å². The molecule has 0 unspecified atom stereocenters. The number of carbonyl (C=O) groups is 1. The van der Waals surface area contributed by atoms with Gasteiger partial charge in [-0.05, 0) is 72.7 Å². The molecule has 0 atom stereocenters. The highest BCUT2D eigenvalue weighted by atomic mass is 19.1. The summed E-state index contributed by atoms with van der Waals surface area (Å²) in [5.41, 5.74) is 4.51. The third-order valence-electron chi connectivity index (χ3n) is 6.69. The minimum atomic E-state index is -0.422. The second-order valence-electron chi connectivity index (χ2n) is 9.22. The number of benzene rings is 3. The molecule has 6 heteroatoms. The minimum absolute atomic E-state index is 0.178. The number of carbonyl (C=O) groups excluding carboxylic acids is 1. The molecule has 0 saturated carbocycles. The highest BCUT2D eigenvalue weighted by Gasteiger charge is 2.24. The van der Waals surface area contributed by atoms with E-state index in [0.29, 0.717) is 37.9 Å². The lowest BCUT2D eigenvalue weighted by molar-refractivity contribution is -0.137. The van der Waals surface area contributed by atoms with Gasteiger partial charge in [-0.1, -0.05) is 42.5 Å². The molecule has 0 bridgehead atoms. The zero-order valence-electron chi connectivity index (χ0n) is 21.4. The van der Waals surface area contributed by atoms with Crippen molar-refractivity contribution < 1.29 is 23.4 Å². The molecule has 0 amide bonds. The van der Waals surface area contributed by atoms with E-state index < -0.39 is 5.97 Å². The molecule has 194 valence electrons. The van der Waals surface area contributed by atoms with E-state index in [9.17, 15) is 9.18 Å². The van der Waals surface area contributed by atoms with Gasteiger partial charge in [0.25, 0.3) is 0 Å². The number of hydrogen-bond acceptors (Lipinski definition) is 5. The maximum Gasteiger partial charge on any atom is 0.330 e. The molecule has 0 aliphatic carbocycles. The van der Waals surface area contributed by atoms with Crippen LogP contribution in [0.3, 0.4) is 0 Å². The standard InChI is InChI=1S/C32H30FNO4/c1-2-37-30(35)15-14-29-28-20-26(38-21-22-6-4-3-5-7-22)12-13-27(28)31(23-8-10-25(33)11-9-23)32(34-29)24-16-18-36-19-17-24/h3-15,20,24H,2,16-19,21H2,1H3/b15-14+. The highest BCUT2D eigenvalue weighted by Crippen LogP contribution is 2.40. The molecule has 1 saturated heterocycles. The number of ether oxygens (including phenoxy) is 3. The van der Waals surface area contributed by atoms with E-state index in [-0.39, 0.29) is 11.7 Å². The van der Waals surface area contributed by atoms with Gasteiger partial charge in [-0.2, -0.15) is 0 Å². The molecule has 0 radical (unpaired) electrons. The lowest BCUT2D eigenvalue weighted by Gasteiger charge is -2.25. The summed E-state index contributed by atoms with van der Waals surface area (Å²) in [5, 5.41) is 1.80. The molecule has 38 heavy (non-hydrogen) atoms. The molecule has 5 nitrogen and oxygen atoms in total. The summed E-state index contributed by atoms with van der Waals surface area (Å²) < 4.78 is 30.7. The van der Waals surface area contributed by atoms with Gasteiger partial charge in [-0.15, -0.1) is 0 Å². The number of halogens is 1. The summed E-state index contributed by atoms with van der Waals surface area (Å²) in [4.78, 5) is 17.3. The lowest BCUT2D eigenvalue weighted by atomic mass is 9.86. The van der Waals surface area contributed by atoms with E-state index in [1.807, 2.05) is 48.5 Å². The summed E-state index contributed by atoms with van der Waals surface area (Å²) in [6.07, 6.45) is 4.80. The van der Waals surface area contributed by atoms with Gasteiger partial charge in [0.15, 0.2) is 0 Å². The first-order valence-corrected chi connectivity index (χ1v) is 12.9. The third-order valence-corrected chi connectivity index (χ3v) is 6.69. The van der Waals surface area contributed by atoms with Gasteiger partial charge >= 0.3 is 5.97 Å². The summed E-state index contributed by atoms with van der Waals surface area (Å²) in [5.74, 6) is 0.160. The van der Waals surface area contributed by atoms with Crippen LogP contribution in [0.1, 0.15) is 42.6 Å². The van der Waals surface area contributed by atoms with Crippen molar-refractivity contribution in [3.05, 3.63) is 102 Å². The molecule has 1 aliphatic rings. The van der Waals surface area contributed by atoms with Crippen LogP contribution in [0.2, 0.25) is 0 Å². The molecule has 3 aromatic carbocycles. The predicted molar refractivity (Wildman–Crippen MR) is 146 cm³/mol. The van der Waals surface area contributed by atoms with Gasteiger partial charge in [0.2, 0.25) is 0 Å². The van der Waals surface area contributed by atoms with Crippen LogP contribution in [-0.4, -0.2) is 30.8 Å². The molecule has 5 rings (SSSR count). The second-order valence-corrected chi connectivity index (χ2v) is 9.22. The zero-order valence-corrected chi connectivity index (χ0v) is 21.4. The zero-order chi connectivity index (χ0) is 26.3. The number of esters is 1. The van der Waals surface area contributed by atoms with Crippen LogP contribution >= 0.6 is 0 Å². The van der Waals surface area contributed by atoms with Gasteiger partial charge in [-0.25, -0.2) is 9.18 Å². The number of pyridine rings is 1. The van der Waals surface area contributed by atoms with Crippen LogP contribution in [0.25, 0.3) is 28.0 Å². The second kappa shape index (κ2) is 12.0. The summed E-state index contributed by atoms with van der Waals surface area (Å²) in [6, 6.07) is 22.4. The monoisotopic (exact) mass is 511 g/mol. The smallest absolute Gasteiger partial charge is 0.330 e. The fourth-order valence-corrected chi connectivity index (χ4v) is 4.82. The van der Waals surface area contributed by atoms with Gasteiger partial charge in [-0.3, -0.25) is 4.98 Å². The van der Waals surface area contributed by atoms with Crippen LogP contribution < -0.4 is 4.74 Å². The number of rotatable bonds is 8. The van der Waals surface area contributed by atoms with E-state index in [2.05, 4.69) is 0 Å². The number of aromatic nitrogens is 1. The molecule has 2 heterocycles. The van der Waals surface area contributed by atoms with Crippen molar-refractivity contribution >= 4 is 22.8 Å². The fraction of sp³-hybridized carbons (Fsp3) is 0.250. The molecule has 0 N–H and O–H groups in total. The maximum absolute atomic E-state index is 13.9. The Bertz CT molecular complexity index is 1430. The lowest BCUT2D eigenvalue weighted by Crippen LogP contribution is -2.16. The highest BCUT2D eigenvalue weighted by molar-refractivity contribution is 6.03. The van der Waals surface area contributed by atoms with Gasteiger partial charge in [0, 0.05) is 36.2 Å². The van der Waals surface area contributed by atoms with Gasteiger partial charge in [0.05, 0.1) is 18.0 Å². The van der Waals surface area contributed by atoms with E-state index in [0.717, 1.165) is 46.0 Å². The average molecular weight is 512 g/mol. The Morgan fingerprint density at radius 2 is 1.79 bits per heavy atom. The van der Waals surface area contributed by atoms with Crippen LogP contribution in [0, 0.1) is 5.82 Å². The minimum Gasteiger partial charge on any atom is -0.489 e. The van der Waals surface area contributed by atoms with Crippen molar-refractivity contribution in [2.45, 2.75) is 32.3 Å². The Kier molecular flexibility index (Phi) is 8.09. The Balaban J connectivity index is 1.66. The predicted octanol–water partition coefficient (Wildman–Crippen LogP) is 7.09.